The van der Waals surface area contributed by atoms with Gasteiger partial charge in [0.2, 0.25) is 5.91 Å². The van der Waals surface area contributed by atoms with E-state index in [-0.39, 0.29) is 49.0 Å². The van der Waals surface area contributed by atoms with Crippen LogP contribution in [0.4, 0.5) is 0 Å². The molecule has 150 valence electrons. The van der Waals surface area contributed by atoms with Crippen LogP contribution in [0.1, 0.15) is 74.2 Å². The lowest BCUT2D eigenvalue weighted by Crippen LogP contribution is -2.53. The average Bonchev–Trinajstić information content (AvgIpc) is 2.61. The summed E-state index contributed by atoms with van der Waals surface area (Å²) in [5.41, 5.74) is 8.11. The van der Waals surface area contributed by atoms with Crippen molar-refractivity contribution in [1.29, 1.82) is 0 Å². The van der Waals surface area contributed by atoms with Gasteiger partial charge in [0.25, 0.3) is 0 Å². The SMILES string of the molecule is CCCc1ccc(C(=O)CCC(=O)NC2C3CCCC2CC(N)C3)cc1.Cl. The van der Waals surface area contributed by atoms with E-state index >= 15 is 0 Å². The molecule has 0 aromatic heterocycles. The Kier molecular flexibility index (Phi) is 8.30. The molecule has 3 N–H and O–H groups in total. The molecule has 4 nitrogen and oxygen atoms in total. The molecular weight excluding hydrogens is 360 g/mol. The quantitative estimate of drug-likeness (QED) is 0.687. The van der Waals surface area contributed by atoms with Crippen LogP contribution in [0.3, 0.4) is 0 Å². The van der Waals surface area contributed by atoms with E-state index in [1.165, 1.54) is 12.0 Å². The standard InChI is InChI=1S/C22H32N2O2.ClH/c1-2-4-15-7-9-16(10-8-15)20(25)11-12-21(26)24-22-17-5-3-6-18(22)14-19(23)13-17;/h7-10,17-19,22H,2-6,11-14,23H2,1H3,(H,24,26);1H. The maximum atomic E-state index is 12.4. The normalized spacial score (nSPS) is 26.7. The third kappa shape index (κ3) is 5.79. The van der Waals surface area contributed by atoms with Crippen LogP contribution in [-0.2, 0) is 11.2 Å². The highest BCUT2D eigenvalue weighted by Crippen LogP contribution is 2.39. The van der Waals surface area contributed by atoms with Gasteiger partial charge < -0.3 is 11.1 Å². The molecule has 0 heterocycles. The predicted octanol–water partition coefficient (Wildman–Crippen LogP) is 4.05. The van der Waals surface area contributed by atoms with E-state index in [0.29, 0.717) is 17.4 Å². The van der Waals surface area contributed by atoms with Gasteiger partial charge in [0.1, 0.15) is 0 Å². The van der Waals surface area contributed by atoms with Crippen LogP contribution in [-0.4, -0.2) is 23.8 Å². The molecule has 0 aliphatic heterocycles. The number of hydrogen-bond acceptors (Lipinski definition) is 3. The van der Waals surface area contributed by atoms with E-state index in [1.54, 1.807) is 0 Å². The molecule has 2 aliphatic carbocycles. The third-order valence-electron chi connectivity index (χ3n) is 6.10. The second kappa shape index (κ2) is 10.2. The Labute approximate surface area is 169 Å². The number of Topliss-reactive ketones (excluding diaryl/α,β-unsaturated/α-hetero) is 1. The first kappa shape index (κ1) is 21.9. The number of benzene rings is 1. The van der Waals surface area contributed by atoms with Gasteiger partial charge in [-0.05, 0) is 49.5 Å². The Morgan fingerprint density at radius 3 is 2.30 bits per heavy atom. The first-order chi connectivity index (χ1) is 12.6. The fraction of sp³-hybridized carbons (Fsp3) is 0.636. The molecule has 2 bridgehead atoms. The number of halogens is 1. The maximum Gasteiger partial charge on any atom is 0.220 e. The number of hydrogen-bond donors (Lipinski definition) is 2. The molecule has 27 heavy (non-hydrogen) atoms. The molecular formula is C22H33ClN2O2. The topological polar surface area (TPSA) is 72.2 Å². The minimum absolute atomic E-state index is 0. The zero-order valence-electron chi connectivity index (χ0n) is 16.3. The van der Waals surface area contributed by atoms with E-state index in [1.807, 2.05) is 24.3 Å². The Bertz CT molecular complexity index is 618. The monoisotopic (exact) mass is 392 g/mol. The Balaban J connectivity index is 0.00000261. The molecule has 0 spiro atoms. The average molecular weight is 393 g/mol. The second-order valence-corrected chi connectivity index (χ2v) is 8.15. The summed E-state index contributed by atoms with van der Waals surface area (Å²) in [6.45, 7) is 2.14. The lowest BCUT2D eigenvalue weighted by atomic mass is 9.67. The van der Waals surface area contributed by atoms with Gasteiger partial charge in [-0.3, -0.25) is 9.59 Å². The van der Waals surface area contributed by atoms with Gasteiger partial charge in [-0.1, -0.05) is 44.0 Å². The number of carbonyl (C=O) groups is 2. The van der Waals surface area contributed by atoms with Crippen molar-refractivity contribution >= 4 is 24.1 Å². The summed E-state index contributed by atoms with van der Waals surface area (Å²) in [7, 11) is 0. The maximum absolute atomic E-state index is 12.4. The van der Waals surface area contributed by atoms with Crippen molar-refractivity contribution < 1.29 is 9.59 Å². The minimum atomic E-state index is 0. The lowest BCUT2D eigenvalue weighted by molar-refractivity contribution is -0.123. The van der Waals surface area contributed by atoms with Gasteiger partial charge in [0.05, 0.1) is 0 Å². The molecule has 3 rings (SSSR count). The number of amides is 1. The molecule has 2 unspecified atom stereocenters. The summed E-state index contributed by atoms with van der Waals surface area (Å²) in [6.07, 6.45) is 8.30. The number of aryl methyl sites for hydroxylation is 1. The number of fused-ring (bicyclic) bond motifs is 2. The van der Waals surface area contributed by atoms with E-state index in [9.17, 15) is 9.59 Å². The zero-order chi connectivity index (χ0) is 18.5. The van der Waals surface area contributed by atoms with Crippen molar-refractivity contribution in [2.75, 3.05) is 0 Å². The van der Waals surface area contributed by atoms with Gasteiger partial charge in [-0.2, -0.15) is 0 Å². The van der Waals surface area contributed by atoms with Crippen molar-refractivity contribution in [3.63, 3.8) is 0 Å². The van der Waals surface area contributed by atoms with Crippen molar-refractivity contribution in [2.45, 2.75) is 76.8 Å². The van der Waals surface area contributed by atoms with Crippen molar-refractivity contribution in [1.82, 2.24) is 5.32 Å². The summed E-state index contributed by atoms with van der Waals surface area (Å²) in [6, 6.07) is 8.36. The molecule has 2 fully saturated rings. The molecule has 2 saturated carbocycles. The number of nitrogens with one attached hydrogen (secondary N) is 1. The third-order valence-corrected chi connectivity index (χ3v) is 6.10. The Hall–Kier alpha value is -1.39. The molecule has 2 atom stereocenters. The molecule has 0 radical (unpaired) electrons. The predicted molar refractivity (Wildman–Crippen MR) is 111 cm³/mol. The smallest absolute Gasteiger partial charge is 0.220 e. The highest BCUT2D eigenvalue weighted by molar-refractivity contribution is 5.98. The van der Waals surface area contributed by atoms with Crippen LogP contribution in [0.5, 0.6) is 0 Å². The molecule has 0 saturated heterocycles. The summed E-state index contributed by atoms with van der Waals surface area (Å²) in [5.74, 6) is 1.10. The largest absolute Gasteiger partial charge is 0.353 e. The van der Waals surface area contributed by atoms with E-state index in [0.717, 1.165) is 38.5 Å². The fourth-order valence-corrected chi connectivity index (χ4v) is 4.80. The van der Waals surface area contributed by atoms with Crippen LogP contribution in [0, 0.1) is 11.8 Å². The first-order valence-electron chi connectivity index (χ1n) is 10.2. The van der Waals surface area contributed by atoms with Crippen molar-refractivity contribution in [2.24, 2.45) is 17.6 Å². The van der Waals surface area contributed by atoms with Crippen molar-refractivity contribution in [3.8, 4) is 0 Å². The van der Waals surface area contributed by atoms with Gasteiger partial charge in [0, 0.05) is 30.5 Å². The zero-order valence-corrected chi connectivity index (χ0v) is 17.1. The van der Waals surface area contributed by atoms with Gasteiger partial charge >= 0.3 is 0 Å². The molecule has 1 aromatic carbocycles. The van der Waals surface area contributed by atoms with Gasteiger partial charge in [-0.25, -0.2) is 0 Å². The van der Waals surface area contributed by atoms with Crippen LogP contribution < -0.4 is 11.1 Å². The van der Waals surface area contributed by atoms with Crippen LogP contribution in [0.2, 0.25) is 0 Å². The Morgan fingerprint density at radius 2 is 1.70 bits per heavy atom. The summed E-state index contributed by atoms with van der Waals surface area (Å²) < 4.78 is 0. The molecule has 1 aromatic rings. The highest BCUT2D eigenvalue weighted by atomic mass is 35.5. The van der Waals surface area contributed by atoms with Gasteiger partial charge in [-0.15, -0.1) is 12.4 Å². The van der Waals surface area contributed by atoms with E-state index in [2.05, 4.69) is 12.2 Å². The molecule has 1 amide bonds. The number of ketones is 1. The molecule has 5 heteroatoms. The highest BCUT2D eigenvalue weighted by Gasteiger charge is 2.39. The second-order valence-electron chi connectivity index (χ2n) is 8.15. The summed E-state index contributed by atoms with van der Waals surface area (Å²) in [5, 5.41) is 3.23. The molecule has 2 aliphatic rings. The lowest BCUT2D eigenvalue weighted by Gasteiger charge is -2.45. The number of carbonyl (C=O) groups excluding carboxylic acids is 2. The van der Waals surface area contributed by atoms with Crippen LogP contribution in [0.15, 0.2) is 24.3 Å². The van der Waals surface area contributed by atoms with Crippen LogP contribution >= 0.6 is 12.4 Å². The minimum Gasteiger partial charge on any atom is -0.353 e. The number of rotatable bonds is 7. The summed E-state index contributed by atoms with van der Waals surface area (Å²) in [4.78, 5) is 24.8. The van der Waals surface area contributed by atoms with Gasteiger partial charge in [0.15, 0.2) is 5.78 Å². The fourth-order valence-electron chi connectivity index (χ4n) is 4.80. The number of nitrogens with two attached hydrogens (primary N) is 1. The van der Waals surface area contributed by atoms with E-state index < -0.39 is 0 Å². The first-order valence-corrected chi connectivity index (χ1v) is 10.2. The van der Waals surface area contributed by atoms with Crippen LogP contribution in [0.25, 0.3) is 0 Å². The Morgan fingerprint density at radius 1 is 1.07 bits per heavy atom. The summed E-state index contributed by atoms with van der Waals surface area (Å²) >= 11 is 0. The van der Waals surface area contributed by atoms with Crippen molar-refractivity contribution in [3.05, 3.63) is 35.4 Å². The van der Waals surface area contributed by atoms with E-state index in [4.69, 9.17) is 5.73 Å².